The summed E-state index contributed by atoms with van der Waals surface area (Å²) in [6.45, 7) is 25.7. The Morgan fingerprint density at radius 1 is 0.938 bits per heavy atom. The second kappa shape index (κ2) is 12.4. The molecule has 5 saturated carbocycles. The Balaban J connectivity index is 1.49. The first-order chi connectivity index (χ1) is 22.2. The number of hydrogen-bond acceptors (Lipinski definition) is 5. The number of aliphatic hydroxyl groups is 1. The van der Waals surface area contributed by atoms with Crippen LogP contribution in [0.25, 0.3) is 0 Å². The highest BCUT2D eigenvalue weighted by Crippen LogP contribution is 2.79. The van der Waals surface area contributed by atoms with E-state index in [1.54, 1.807) is 6.92 Å². The molecule has 5 rings (SSSR count). The number of hydrogen-bond donors (Lipinski definition) is 3. The Labute approximate surface area is 290 Å². The van der Waals surface area contributed by atoms with Crippen molar-refractivity contribution >= 4 is 18.3 Å². The van der Waals surface area contributed by atoms with Crippen LogP contribution < -0.4 is 5.32 Å². The van der Waals surface area contributed by atoms with Gasteiger partial charge in [-0.25, -0.2) is 0 Å². The molecule has 5 fully saturated rings. The third-order valence-corrected chi connectivity index (χ3v) is 16.8. The molecule has 0 bridgehead atoms. The number of fused-ring (bicyclic) bond motifs is 7. The van der Waals surface area contributed by atoms with Crippen molar-refractivity contribution in [2.75, 3.05) is 13.2 Å². The van der Waals surface area contributed by atoms with E-state index in [0.29, 0.717) is 36.0 Å². The zero-order valence-electron chi connectivity index (χ0n) is 31.7. The summed E-state index contributed by atoms with van der Waals surface area (Å²) in [5, 5.41) is 23.3. The summed E-state index contributed by atoms with van der Waals surface area (Å²) in [4.78, 5) is 36.5. The molecule has 11 atom stereocenters. The summed E-state index contributed by atoms with van der Waals surface area (Å²) in [5.74, 6) is 0.924. The number of aliphatic carboxylic acids is 1. The minimum absolute atomic E-state index is 0.0551. The number of carboxylic acids is 1. The van der Waals surface area contributed by atoms with E-state index in [9.17, 15) is 24.6 Å². The normalized spacial score (nSPS) is 43.8. The Kier molecular flexibility index (Phi) is 9.66. The average Bonchev–Trinajstić information content (AvgIpc) is 3.37. The van der Waals surface area contributed by atoms with Gasteiger partial charge in [0.05, 0.1) is 6.61 Å². The lowest BCUT2D eigenvalue weighted by Crippen LogP contribution is -2.71. The molecule has 0 spiro atoms. The maximum Gasteiger partial charge on any atom is 0.306 e. The highest BCUT2D eigenvalue weighted by molar-refractivity contribution is 5.72. The highest BCUT2D eigenvalue weighted by Gasteiger charge is 2.74. The van der Waals surface area contributed by atoms with Crippen molar-refractivity contribution in [3.63, 3.8) is 0 Å². The molecule has 5 aliphatic rings. The third kappa shape index (κ3) is 5.24. The topological polar surface area (TPSA) is 113 Å². The lowest BCUT2D eigenvalue weighted by Gasteiger charge is -2.74. The van der Waals surface area contributed by atoms with Gasteiger partial charge in [0.25, 0.3) is 0 Å². The Hall–Kier alpha value is -1.89. The minimum atomic E-state index is -0.910. The monoisotopic (exact) mass is 669 g/mol. The van der Waals surface area contributed by atoms with Crippen molar-refractivity contribution in [1.29, 1.82) is 0 Å². The lowest BCUT2D eigenvalue weighted by molar-refractivity contribution is -0.291. The number of rotatable bonds is 11. The van der Waals surface area contributed by atoms with Gasteiger partial charge in [-0.2, -0.15) is 0 Å². The second-order valence-corrected chi connectivity index (χ2v) is 19.5. The first-order valence-corrected chi connectivity index (χ1v) is 19.1. The molecule has 0 aromatic rings. The molecule has 3 N–H and O–H groups in total. The molecule has 7 nitrogen and oxygen atoms in total. The van der Waals surface area contributed by atoms with Gasteiger partial charge in [0.15, 0.2) is 0 Å². The van der Waals surface area contributed by atoms with Gasteiger partial charge in [-0.05, 0) is 128 Å². The highest BCUT2D eigenvalue weighted by atomic mass is 16.6. The number of amides is 1. The van der Waals surface area contributed by atoms with Crippen molar-refractivity contribution in [3.05, 3.63) is 12.2 Å². The summed E-state index contributed by atoms with van der Waals surface area (Å²) in [7, 11) is 0. The zero-order valence-corrected chi connectivity index (χ0v) is 31.7. The molecule has 1 amide bonds. The van der Waals surface area contributed by atoms with Gasteiger partial charge < -0.3 is 20.3 Å². The fourth-order valence-electron chi connectivity index (χ4n) is 14.3. The largest absolute Gasteiger partial charge is 0.481 e. The first-order valence-electron chi connectivity index (χ1n) is 19.1. The van der Waals surface area contributed by atoms with Crippen LogP contribution in [-0.4, -0.2) is 47.3 Å². The van der Waals surface area contributed by atoms with Gasteiger partial charge in [-0.1, -0.05) is 67.5 Å². The van der Waals surface area contributed by atoms with E-state index >= 15 is 0 Å². The van der Waals surface area contributed by atoms with Crippen LogP contribution >= 0.6 is 0 Å². The Morgan fingerprint density at radius 2 is 1.62 bits per heavy atom. The van der Waals surface area contributed by atoms with Gasteiger partial charge in [0.2, 0.25) is 6.41 Å². The quantitative estimate of drug-likeness (QED) is 0.116. The molecule has 2 unspecified atom stereocenters. The Bertz CT molecular complexity index is 1290. The fraction of sp³-hybridized carbons (Fsp3) is 0.878. The van der Waals surface area contributed by atoms with Crippen molar-refractivity contribution in [2.24, 2.45) is 68.0 Å². The summed E-state index contributed by atoms with van der Waals surface area (Å²) in [5.41, 5.74) is -0.0725. The molecule has 0 heterocycles. The van der Waals surface area contributed by atoms with Crippen LogP contribution in [0.2, 0.25) is 0 Å². The number of carboxylic acid groups (broad SMARTS) is 1. The fourth-order valence-corrected chi connectivity index (χ4v) is 14.3. The van der Waals surface area contributed by atoms with E-state index in [0.717, 1.165) is 38.6 Å². The molecule has 0 aromatic heterocycles. The van der Waals surface area contributed by atoms with E-state index in [4.69, 9.17) is 4.74 Å². The summed E-state index contributed by atoms with van der Waals surface area (Å²) in [6, 6.07) is 0. The minimum Gasteiger partial charge on any atom is -0.481 e. The average molecular weight is 670 g/mol. The molecule has 5 aliphatic carbocycles. The van der Waals surface area contributed by atoms with Gasteiger partial charge >= 0.3 is 11.9 Å². The van der Waals surface area contributed by atoms with Crippen LogP contribution in [0.3, 0.4) is 0 Å². The van der Waals surface area contributed by atoms with Crippen LogP contribution in [0.5, 0.6) is 0 Å². The van der Waals surface area contributed by atoms with Gasteiger partial charge in [-0.3, -0.25) is 14.4 Å². The predicted molar refractivity (Wildman–Crippen MR) is 189 cm³/mol. The van der Waals surface area contributed by atoms with Crippen LogP contribution in [-0.2, 0) is 19.1 Å². The molecule has 0 saturated heterocycles. The summed E-state index contributed by atoms with van der Waals surface area (Å²) in [6.07, 6.45) is 11.8. The zero-order chi connectivity index (χ0) is 35.7. The third-order valence-electron chi connectivity index (χ3n) is 16.8. The first kappa shape index (κ1) is 37.4. The SMILES string of the molecule is C=C(C)[C@@H]1CC[C@]2(CNC=O)CC[C@]3(C)[C@H](CCC4[C@@]5(C)CC[C@@](OC(=O)CC(C)CC(=O)O)(C(C)(C)CO)C(C)(C)[C@@H]5CC[C@]43C)[C@@H]12. The van der Waals surface area contributed by atoms with Crippen LogP contribution in [0.1, 0.15) is 139 Å². The Morgan fingerprint density at radius 3 is 2.23 bits per heavy atom. The molecule has 7 heteroatoms. The summed E-state index contributed by atoms with van der Waals surface area (Å²) >= 11 is 0. The van der Waals surface area contributed by atoms with Gasteiger partial charge in [0.1, 0.15) is 5.60 Å². The van der Waals surface area contributed by atoms with Crippen molar-refractivity contribution in [1.82, 2.24) is 5.32 Å². The molecule has 48 heavy (non-hydrogen) atoms. The summed E-state index contributed by atoms with van der Waals surface area (Å²) < 4.78 is 6.66. The molecule has 0 aliphatic heterocycles. The van der Waals surface area contributed by atoms with E-state index in [-0.39, 0.29) is 53.0 Å². The van der Waals surface area contributed by atoms with Gasteiger partial charge in [0, 0.05) is 30.2 Å². The molecule has 0 aromatic carbocycles. The van der Waals surface area contributed by atoms with Crippen molar-refractivity contribution in [3.8, 4) is 0 Å². The molecular weight excluding hydrogens is 602 g/mol. The van der Waals surface area contributed by atoms with Crippen LogP contribution in [0, 0.1) is 68.0 Å². The maximum absolute atomic E-state index is 13.6. The number of ether oxygens (including phenoxy) is 1. The smallest absolute Gasteiger partial charge is 0.306 e. The molecule has 0 radical (unpaired) electrons. The van der Waals surface area contributed by atoms with Crippen LogP contribution in [0.15, 0.2) is 12.2 Å². The van der Waals surface area contributed by atoms with E-state index < -0.39 is 22.4 Å². The predicted octanol–water partition coefficient (Wildman–Crippen LogP) is 8.19. The maximum atomic E-state index is 13.6. The lowest BCUT2D eigenvalue weighted by atomic mass is 9.31. The number of nitrogens with one attached hydrogen (secondary N) is 1. The number of allylic oxidation sites excluding steroid dienone is 1. The van der Waals surface area contributed by atoms with Crippen molar-refractivity contribution < 1.29 is 29.3 Å². The standard InChI is InChI=1S/C41H67NO6/c1-26(2)28-13-16-40(23-42-25-44)19-18-38(9)29(34(28)40)11-12-31-37(8)17-20-41(35(4,5)24-43,48-33(47)22-27(3)21-32(45)46)36(6,7)30(37)14-15-39(31,38)10/h25,27-31,34,43H,1,11-24H2,2-10H3,(H,42,44)(H,45,46)/t27?,28-,29+,30-,31?,34+,37-,38+,39+,40+,41+/m0/s1. The van der Waals surface area contributed by atoms with Gasteiger partial charge in [-0.15, -0.1) is 0 Å². The molecular formula is C41H67NO6. The molecule has 272 valence electrons. The number of aliphatic hydroxyl groups excluding tert-OH is 1. The van der Waals surface area contributed by atoms with E-state index in [1.807, 2.05) is 13.8 Å². The number of esters is 1. The number of carbonyl (C=O) groups excluding carboxylic acids is 2. The van der Waals surface area contributed by atoms with E-state index in [2.05, 4.69) is 53.4 Å². The van der Waals surface area contributed by atoms with E-state index in [1.165, 1.54) is 37.7 Å². The van der Waals surface area contributed by atoms with Crippen LogP contribution in [0.4, 0.5) is 0 Å². The number of carbonyl (C=O) groups is 3. The van der Waals surface area contributed by atoms with Crippen molar-refractivity contribution in [2.45, 2.75) is 145 Å². The second-order valence-electron chi connectivity index (χ2n) is 19.5.